The van der Waals surface area contributed by atoms with Gasteiger partial charge in [0.05, 0.1) is 53.9 Å². The molecule has 0 radical (unpaired) electrons. The Bertz CT molecular complexity index is 2630. The summed E-state index contributed by atoms with van der Waals surface area (Å²) in [5.41, 5.74) is -0.859. The molecule has 0 saturated heterocycles. The van der Waals surface area contributed by atoms with Crippen molar-refractivity contribution >= 4 is 40.9 Å². The molecule has 0 unspecified atom stereocenters. The summed E-state index contributed by atoms with van der Waals surface area (Å²) in [6.45, 7) is 14.1. The summed E-state index contributed by atoms with van der Waals surface area (Å²) in [5.74, 6) is -10.1. The van der Waals surface area contributed by atoms with Crippen molar-refractivity contribution in [3.8, 4) is 17.2 Å². The molecule has 3 aromatic carbocycles. The third-order valence-corrected chi connectivity index (χ3v) is 12.8. The Morgan fingerprint density at radius 2 is 1.47 bits per heavy atom. The summed E-state index contributed by atoms with van der Waals surface area (Å²) < 4.78 is 35.2. The predicted octanol–water partition coefficient (Wildman–Crippen LogP) is 6.90. The fraction of sp³-hybridized carbons (Fsp3) is 0.385. The van der Waals surface area contributed by atoms with Gasteiger partial charge in [-0.25, -0.2) is 4.79 Å². The number of carbonyl (C=O) groups is 6. The van der Waals surface area contributed by atoms with E-state index in [0.717, 1.165) is 11.8 Å². The Morgan fingerprint density at radius 1 is 0.809 bits per heavy atom. The average Bonchev–Trinajstić information content (AvgIpc) is 3.58. The monoisotopic (exact) mass is 934 g/mol. The lowest BCUT2D eigenvalue weighted by Crippen LogP contribution is -2.46. The van der Waals surface area contributed by atoms with Gasteiger partial charge in [0.25, 0.3) is 11.7 Å². The molecule has 360 valence electrons. The number of anilines is 1. The summed E-state index contributed by atoms with van der Waals surface area (Å²) in [6.07, 6.45) is 3.15. The highest BCUT2D eigenvalue weighted by Crippen LogP contribution is 2.49. The number of hydrogen-bond acceptors (Lipinski definition) is 15. The summed E-state index contributed by atoms with van der Waals surface area (Å²) >= 11 is 0. The van der Waals surface area contributed by atoms with Crippen molar-refractivity contribution in [2.45, 2.75) is 92.5 Å². The summed E-state index contributed by atoms with van der Waals surface area (Å²) in [7, 11) is 2.89. The van der Waals surface area contributed by atoms with E-state index in [9.17, 15) is 29.4 Å². The molecule has 9 atom stereocenters. The van der Waals surface area contributed by atoms with Crippen LogP contribution in [0.25, 0.3) is 0 Å². The first kappa shape index (κ1) is 50.5. The van der Waals surface area contributed by atoms with E-state index in [4.69, 9.17) is 28.4 Å². The van der Waals surface area contributed by atoms with E-state index in [1.54, 1.807) is 70.2 Å². The minimum absolute atomic E-state index is 0.000290. The number of Topliss-reactive ketones (excluding diaryl/α,β-unsaturated/α-hetero) is 3. The highest BCUT2D eigenvalue weighted by molar-refractivity contribution is 6.33. The van der Waals surface area contributed by atoms with Gasteiger partial charge in [-0.3, -0.25) is 24.0 Å². The summed E-state index contributed by atoms with van der Waals surface area (Å²) in [6, 6.07) is 12.8. The first-order valence-electron chi connectivity index (χ1n) is 22.2. The number of esters is 2. The minimum Gasteiger partial charge on any atom is -0.497 e. The second-order valence-corrected chi connectivity index (χ2v) is 17.6. The Labute approximate surface area is 395 Å². The number of amides is 1. The number of aryl methyl sites for hydroxylation is 1. The van der Waals surface area contributed by atoms with Gasteiger partial charge in [-0.05, 0) is 63.2 Å². The zero-order valence-corrected chi connectivity index (χ0v) is 39.9. The molecule has 7 rings (SSSR count). The van der Waals surface area contributed by atoms with Gasteiger partial charge in [-0.15, -0.1) is 0 Å². The molecule has 0 spiro atoms. The van der Waals surface area contributed by atoms with Crippen LogP contribution >= 0.6 is 0 Å². The van der Waals surface area contributed by atoms with Crippen molar-refractivity contribution in [2.24, 2.45) is 23.7 Å². The lowest BCUT2D eigenvalue weighted by atomic mass is 9.78. The summed E-state index contributed by atoms with van der Waals surface area (Å²) in [5, 5.41) is 28.6. The lowest BCUT2D eigenvalue weighted by Gasteiger charge is -2.38. The van der Waals surface area contributed by atoms with Gasteiger partial charge in [0.1, 0.15) is 34.7 Å². The van der Waals surface area contributed by atoms with Crippen molar-refractivity contribution in [3.05, 3.63) is 129 Å². The van der Waals surface area contributed by atoms with Gasteiger partial charge >= 0.3 is 17.7 Å². The van der Waals surface area contributed by atoms with Crippen LogP contribution in [0.4, 0.5) is 5.69 Å². The van der Waals surface area contributed by atoms with Gasteiger partial charge in [-0.1, -0.05) is 63.6 Å². The average molecular weight is 935 g/mol. The van der Waals surface area contributed by atoms with E-state index in [1.165, 1.54) is 72.3 Å². The number of allylic oxidation sites excluding steroid dienone is 4. The van der Waals surface area contributed by atoms with Crippen LogP contribution in [-0.2, 0) is 23.8 Å². The van der Waals surface area contributed by atoms with Gasteiger partial charge in [0.2, 0.25) is 11.6 Å². The maximum atomic E-state index is 15.2. The van der Waals surface area contributed by atoms with Gasteiger partial charge < -0.3 is 49.3 Å². The van der Waals surface area contributed by atoms with E-state index in [2.05, 4.69) is 10.6 Å². The Balaban J connectivity index is 1.57. The second kappa shape index (κ2) is 20.6. The number of nitrogens with one attached hydrogen (secondary N) is 2. The van der Waals surface area contributed by atoms with Crippen molar-refractivity contribution < 1.29 is 67.4 Å². The van der Waals surface area contributed by atoms with Crippen LogP contribution in [-0.4, -0.2) is 89.8 Å². The van der Waals surface area contributed by atoms with Crippen molar-refractivity contribution in [3.63, 3.8) is 0 Å². The number of aliphatic hydroxyl groups excluding tert-OH is 2. The fourth-order valence-electron chi connectivity index (χ4n) is 8.58. The quantitative estimate of drug-likeness (QED) is 0.140. The third-order valence-electron chi connectivity index (χ3n) is 12.8. The molecule has 4 aliphatic rings. The third kappa shape index (κ3) is 10.0. The molecule has 1 aliphatic carbocycles. The number of methoxy groups -OCH3 is 2. The minimum atomic E-state index is -2.19. The number of ether oxygens (including phenoxy) is 6. The van der Waals surface area contributed by atoms with Crippen LogP contribution in [0.15, 0.2) is 96.1 Å². The molecule has 3 heterocycles. The molecular weight excluding hydrogens is 877 g/mol. The molecule has 0 fully saturated rings. The number of carbonyl (C=O) groups excluding carboxylic acids is 6. The van der Waals surface area contributed by atoms with Crippen LogP contribution in [0.3, 0.4) is 0 Å². The number of hydrogen-bond donors (Lipinski definition) is 4. The van der Waals surface area contributed by atoms with Crippen LogP contribution in [0.2, 0.25) is 0 Å². The molecule has 16 nitrogen and oxygen atoms in total. The number of rotatable bonds is 7. The number of benzene rings is 3. The molecule has 4 N–H and O–H groups in total. The number of aliphatic hydroxyl groups is 2. The number of fused-ring (bicyclic) bond motifs is 14. The van der Waals surface area contributed by atoms with Crippen LogP contribution < -0.4 is 24.8 Å². The topological polar surface area (TPSA) is 222 Å². The normalized spacial score (nSPS) is 27.9. The smallest absolute Gasteiger partial charge is 0.343 e. The maximum Gasteiger partial charge on any atom is 0.343 e. The van der Waals surface area contributed by atoms with Crippen molar-refractivity contribution in [1.82, 2.24) is 5.32 Å². The van der Waals surface area contributed by atoms with E-state index in [1.807, 2.05) is 6.92 Å². The molecule has 0 aromatic heterocycles. The molecule has 3 aliphatic heterocycles. The molecule has 1 amide bonds. The molecule has 5 bridgehead atoms. The predicted molar refractivity (Wildman–Crippen MR) is 249 cm³/mol. The van der Waals surface area contributed by atoms with E-state index in [-0.39, 0.29) is 28.0 Å². The lowest BCUT2D eigenvalue weighted by molar-refractivity contribution is -0.160. The van der Waals surface area contributed by atoms with Gasteiger partial charge in [0, 0.05) is 61.5 Å². The van der Waals surface area contributed by atoms with E-state index >= 15 is 9.59 Å². The van der Waals surface area contributed by atoms with Gasteiger partial charge in [-0.2, -0.15) is 0 Å². The fourth-order valence-corrected chi connectivity index (χ4v) is 8.58. The highest BCUT2D eigenvalue weighted by Gasteiger charge is 2.53. The summed E-state index contributed by atoms with van der Waals surface area (Å²) in [4.78, 5) is 85.6. The zero-order chi connectivity index (χ0) is 49.9. The SMILES string of the molecule is COc1ccc(NC2=C3NC(=O)/C(C)=C\C=C[C@H](C)[C@H](O)[C@@H](C)[C@H](O)[C@H](C)[C@H](OC(C)=O)[C@H](C)[C@@H](OC)/C=C\O[C@@]4(C)Oc5c(C)c(OC(=O)c6ccc(C)cc6)c(c(c5C4=O)C2=O)C3=O)cc1. The molecule has 16 heteroatoms. The van der Waals surface area contributed by atoms with Crippen molar-refractivity contribution in [1.29, 1.82) is 0 Å². The first-order valence-corrected chi connectivity index (χ1v) is 22.2. The Kier molecular flexibility index (Phi) is 15.3. The highest BCUT2D eigenvalue weighted by atomic mass is 16.7. The Hall–Kier alpha value is -6.88. The molecular formula is C52H58N2O14. The molecule has 3 aromatic rings. The molecule has 0 saturated carbocycles. The van der Waals surface area contributed by atoms with Crippen LogP contribution in [0, 0.1) is 37.5 Å². The van der Waals surface area contributed by atoms with Gasteiger partial charge in [0.15, 0.2) is 0 Å². The van der Waals surface area contributed by atoms with Crippen molar-refractivity contribution in [2.75, 3.05) is 19.5 Å². The first-order chi connectivity index (χ1) is 32.1. The Morgan fingerprint density at radius 3 is 2.09 bits per heavy atom. The van der Waals surface area contributed by atoms with Crippen LogP contribution in [0.5, 0.6) is 17.2 Å². The largest absolute Gasteiger partial charge is 0.497 e. The standard InChI is InChI=1S/C52H58N2O14/c1-25-15-17-33(18-16-25)51(62)67-47-31(7)48-39-37-38(47)45(59)41(40(44(37)58)53-34-19-21-35(63-10)22-20-34)54-50(61)27(3)14-12-13-26(2)42(56)29(5)43(57)30(6)46(66-32(8)55)28(4)36(64-11)23-24-65-52(9,68-48)49(39)60/h12-24,26,28-30,36,42-43,46,53,56-57H,1-11H3,(H,54,61)/b13-12?,24-23-,27-14-/t26-,28+,29+,30-,36-,42-,43-,46+,52-/m0/s1. The van der Waals surface area contributed by atoms with E-state index in [0.29, 0.717) is 11.4 Å². The maximum absolute atomic E-state index is 15.2. The second-order valence-electron chi connectivity index (χ2n) is 17.6. The number of ketones is 3. The zero-order valence-electron chi connectivity index (χ0n) is 39.9. The molecule has 68 heavy (non-hydrogen) atoms. The van der Waals surface area contributed by atoms with E-state index < -0.39 is 117 Å². The van der Waals surface area contributed by atoms with Crippen LogP contribution in [0.1, 0.15) is 101 Å².